The van der Waals surface area contributed by atoms with E-state index in [0.29, 0.717) is 23.7 Å². The molecule has 0 spiro atoms. The number of nitroso groups, excluding NO2 is 1. The summed E-state index contributed by atoms with van der Waals surface area (Å²) in [5.41, 5.74) is 1.19. The van der Waals surface area contributed by atoms with Gasteiger partial charge in [0.05, 0.1) is 19.1 Å². The molecule has 1 rings (SSSR count). The zero-order valence-corrected chi connectivity index (χ0v) is 10.2. The molecule has 0 bridgehead atoms. The highest BCUT2D eigenvalue weighted by atomic mass is 16.5. The standard InChI is InChI=1S/C12H16N3O2/c1-9(7-13)8-14-11-6-10(17-3)4-5-12(11)15(2)16/h4-6,9,14H,8H2,1-3H3/q+1. The molecule has 0 aliphatic carbocycles. The fourth-order valence-corrected chi connectivity index (χ4v) is 1.37. The Morgan fingerprint density at radius 1 is 1.59 bits per heavy atom. The van der Waals surface area contributed by atoms with Crippen molar-refractivity contribution in [1.29, 1.82) is 5.26 Å². The Morgan fingerprint density at radius 3 is 2.82 bits per heavy atom. The lowest BCUT2D eigenvalue weighted by molar-refractivity contribution is -0.427. The van der Waals surface area contributed by atoms with E-state index >= 15 is 0 Å². The second-order valence-corrected chi connectivity index (χ2v) is 3.79. The molecule has 5 nitrogen and oxygen atoms in total. The number of anilines is 1. The predicted octanol–water partition coefficient (Wildman–Crippen LogP) is 2.31. The van der Waals surface area contributed by atoms with E-state index in [1.807, 2.05) is 6.92 Å². The van der Waals surface area contributed by atoms with Crippen LogP contribution in [0.5, 0.6) is 5.75 Å². The Hall–Kier alpha value is -2.09. The van der Waals surface area contributed by atoms with Crippen molar-refractivity contribution in [2.24, 2.45) is 5.92 Å². The summed E-state index contributed by atoms with van der Waals surface area (Å²) in [6.45, 7) is 2.30. The number of ether oxygens (including phenoxy) is 1. The van der Waals surface area contributed by atoms with Gasteiger partial charge in [0.15, 0.2) is 7.05 Å². The van der Waals surface area contributed by atoms with Gasteiger partial charge in [-0.1, -0.05) is 0 Å². The molecule has 0 aliphatic rings. The first kappa shape index (κ1) is 13.0. The van der Waals surface area contributed by atoms with Crippen LogP contribution in [-0.4, -0.2) is 25.5 Å². The van der Waals surface area contributed by atoms with Crippen molar-refractivity contribution < 1.29 is 9.50 Å². The molecule has 90 valence electrons. The van der Waals surface area contributed by atoms with Crippen LogP contribution < -0.4 is 10.1 Å². The van der Waals surface area contributed by atoms with E-state index in [4.69, 9.17) is 10.00 Å². The zero-order chi connectivity index (χ0) is 12.8. The van der Waals surface area contributed by atoms with E-state index in [0.717, 1.165) is 4.76 Å². The maximum absolute atomic E-state index is 11.4. The second-order valence-electron chi connectivity index (χ2n) is 3.79. The minimum atomic E-state index is -0.119. The Bertz CT molecular complexity index is 452. The molecule has 0 fully saturated rings. The van der Waals surface area contributed by atoms with Gasteiger partial charge in [0, 0.05) is 28.3 Å². The molecule has 1 aromatic rings. The number of rotatable bonds is 5. The highest BCUT2D eigenvalue weighted by Crippen LogP contribution is 2.28. The van der Waals surface area contributed by atoms with Crippen LogP contribution in [0.4, 0.5) is 11.4 Å². The maximum atomic E-state index is 11.4. The van der Waals surface area contributed by atoms with Crippen molar-refractivity contribution in [2.45, 2.75) is 6.92 Å². The number of nitrogens with one attached hydrogen (secondary N) is 1. The van der Waals surface area contributed by atoms with Crippen LogP contribution in [0.2, 0.25) is 0 Å². The molecule has 1 aromatic carbocycles. The quantitative estimate of drug-likeness (QED) is 0.794. The summed E-state index contributed by atoms with van der Waals surface area (Å²) < 4.78 is 5.87. The molecule has 5 heteroatoms. The average molecular weight is 234 g/mol. The second kappa shape index (κ2) is 5.85. The van der Waals surface area contributed by atoms with Crippen molar-refractivity contribution in [1.82, 2.24) is 0 Å². The van der Waals surface area contributed by atoms with Crippen LogP contribution >= 0.6 is 0 Å². The molecule has 1 atom stereocenters. The molecule has 0 saturated heterocycles. The van der Waals surface area contributed by atoms with Crippen LogP contribution in [0.1, 0.15) is 6.92 Å². The van der Waals surface area contributed by atoms with E-state index in [2.05, 4.69) is 11.4 Å². The number of methoxy groups -OCH3 is 1. The molecule has 0 aromatic heterocycles. The van der Waals surface area contributed by atoms with Crippen LogP contribution in [0, 0.1) is 22.2 Å². The van der Waals surface area contributed by atoms with Gasteiger partial charge in [-0.15, -0.1) is 0 Å². The number of hydrogen-bond acceptors (Lipinski definition) is 4. The van der Waals surface area contributed by atoms with Crippen LogP contribution in [0.25, 0.3) is 0 Å². The first-order valence-electron chi connectivity index (χ1n) is 5.31. The van der Waals surface area contributed by atoms with Crippen molar-refractivity contribution >= 4 is 11.4 Å². The molecule has 0 heterocycles. The maximum Gasteiger partial charge on any atom is 0.278 e. The molecule has 0 radical (unpaired) electrons. The topological polar surface area (TPSA) is 65.1 Å². The smallest absolute Gasteiger partial charge is 0.278 e. The molecule has 17 heavy (non-hydrogen) atoms. The number of nitriles is 1. The molecule has 0 aliphatic heterocycles. The van der Waals surface area contributed by atoms with Gasteiger partial charge in [0.1, 0.15) is 11.4 Å². The van der Waals surface area contributed by atoms with Gasteiger partial charge >= 0.3 is 0 Å². The van der Waals surface area contributed by atoms with Crippen LogP contribution in [-0.2, 0) is 0 Å². The number of benzene rings is 1. The predicted molar refractivity (Wildman–Crippen MR) is 65.5 cm³/mol. The minimum absolute atomic E-state index is 0.119. The van der Waals surface area contributed by atoms with Crippen LogP contribution in [0.3, 0.4) is 0 Å². The third-order valence-corrected chi connectivity index (χ3v) is 2.36. The van der Waals surface area contributed by atoms with E-state index in [9.17, 15) is 4.91 Å². The minimum Gasteiger partial charge on any atom is -0.497 e. The Labute approximate surface area is 101 Å². The van der Waals surface area contributed by atoms with Gasteiger partial charge in [0.2, 0.25) is 0 Å². The van der Waals surface area contributed by atoms with Gasteiger partial charge in [-0.2, -0.15) is 5.26 Å². The molecule has 1 N–H and O–H groups in total. The van der Waals surface area contributed by atoms with Gasteiger partial charge < -0.3 is 10.1 Å². The molecule has 0 saturated carbocycles. The van der Waals surface area contributed by atoms with Gasteiger partial charge in [-0.3, -0.25) is 0 Å². The summed E-state index contributed by atoms with van der Waals surface area (Å²) in [5, 5.41) is 11.8. The first-order chi connectivity index (χ1) is 8.08. The lowest BCUT2D eigenvalue weighted by atomic mass is 10.2. The van der Waals surface area contributed by atoms with E-state index in [1.54, 1.807) is 25.3 Å². The fraction of sp³-hybridized carbons (Fsp3) is 0.417. The number of nitrogens with zero attached hydrogens (tertiary/aromatic N) is 2. The van der Waals surface area contributed by atoms with Crippen molar-refractivity contribution in [2.75, 3.05) is 26.0 Å². The summed E-state index contributed by atoms with van der Waals surface area (Å²) in [6, 6.07) is 7.28. The third-order valence-electron chi connectivity index (χ3n) is 2.36. The van der Waals surface area contributed by atoms with E-state index < -0.39 is 0 Å². The summed E-state index contributed by atoms with van der Waals surface area (Å²) in [7, 11) is 3.00. The molecule has 0 amide bonds. The average Bonchev–Trinajstić information content (AvgIpc) is 2.35. The van der Waals surface area contributed by atoms with E-state index in [1.165, 1.54) is 7.05 Å². The van der Waals surface area contributed by atoms with Gasteiger partial charge in [0.25, 0.3) is 5.69 Å². The summed E-state index contributed by atoms with van der Waals surface area (Å²) in [6.07, 6.45) is 0. The monoisotopic (exact) mass is 234 g/mol. The fourth-order valence-electron chi connectivity index (χ4n) is 1.37. The highest BCUT2D eigenvalue weighted by molar-refractivity contribution is 5.64. The first-order valence-corrected chi connectivity index (χ1v) is 5.31. The molecular formula is C12H16N3O2+. The summed E-state index contributed by atoms with van der Waals surface area (Å²) >= 11 is 0. The van der Waals surface area contributed by atoms with Crippen LogP contribution in [0.15, 0.2) is 18.2 Å². The molecular weight excluding hydrogens is 218 g/mol. The normalized spacial score (nSPS) is 11.4. The van der Waals surface area contributed by atoms with Crippen molar-refractivity contribution in [3.8, 4) is 11.8 Å². The van der Waals surface area contributed by atoms with E-state index in [-0.39, 0.29) is 5.92 Å². The largest absolute Gasteiger partial charge is 0.497 e. The molecule has 1 unspecified atom stereocenters. The zero-order valence-electron chi connectivity index (χ0n) is 10.2. The van der Waals surface area contributed by atoms with Crippen molar-refractivity contribution in [3.05, 3.63) is 23.1 Å². The number of hydrogen-bond donors (Lipinski definition) is 1. The highest BCUT2D eigenvalue weighted by Gasteiger charge is 2.15. The van der Waals surface area contributed by atoms with Gasteiger partial charge in [-0.25, -0.2) is 0 Å². The SMILES string of the molecule is COc1ccc([N+](C)=O)c(NCC(C)C#N)c1. The summed E-state index contributed by atoms with van der Waals surface area (Å²) in [4.78, 5) is 11.4. The Kier molecular flexibility index (Phi) is 4.46. The lowest BCUT2D eigenvalue weighted by Crippen LogP contribution is -2.11. The Balaban J connectivity index is 2.94. The summed E-state index contributed by atoms with van der Waals surface area (Å²) in [5.74, 6) is 0.550. The third kappa shape index (κ3) is 3.45. The lowest BCUT2D eigenvalue weighted by Gasteiger charge is -2.09. The van der Waals surface area contributed by atoms with Gasteiger partial charge in [-0.05, 0) is 13.0 Å². The Morgan fingerprint density at radius 2 is 2.29 bits per heavy atom. The van der Waals surface area contributed by atoms with Crippen molar-refractivity contribution in [3.63, 3.8) is 0 Å².